The maximum Gasteiger partial charge on any atom is 0.228 e. The van der Waals surface area contributed by atoms with Gasteiger partial charge in [0.25, 0.3) is 0 Å². The predicted octanol–water partition coefficient (Wildman–Crippen LogP) is 1.72. The number of hydrogen-bond acceptors (Lipinski definition) is 7. The van der Waals surface area contributed by atoms with Crippen molar-refractivity contribution in [2.24, 2.45) is 5.73 Å². The van der Waals surface area contributed by atoms with Crippen LogP contribution in [0.2, 0.25) is 0 Å². The van der Waals surface area contributed by atoms with E-state index in [4.69, 9.17) is 14.9 Å². The Morgan fingerprint density at radius 3 is 2.86 bits per heavy atom. The normalized spacial score (nSPS) is 16.9. The van der Waals surface area contributed by atoms with Gasteiger partial charge in [0, 0.05) is 15.8 Å². The van der Waals surface area contributed by atoms with Crippen LogP contribution in [-0.4, -0.2) is 5.11 Å². The molecule has 112 valence electrons. The lowest BCUT2D eigenvalue weighted by Gasteiger charge is -2.23. The monoisotopic (exact) mass is 316 g/mol. The van der Waals surface area contributed by atoms with Crippen molar-refractivity contribution in [1.82, 2.24) is 0 Å². The molecule has 0 spiro atoms. The summed E-state index contributed by atoms with van der Waals surface area (Å²) in [4.78, 5) is 14.0. The van der Waals surface area contributed by atoms with E-state index in [1.165, 1.54) is 11.3 Å². The Kier molecular flexibility index (Phi) is 3.48. The summed E-state index contributed by atoms with van der Waals surface area (Å²) in [7, 11) is 0. The SMILES string of the molecule is Cc1ccc(C2C(C#N)=C(N)Oc3c2oc(CO)cc3=O)s1. The zero-order valence-electron chi connectivity index (χ0n) is 11.6. The number of hydrogen-bond donors (Lipinski definition) is 2. The molecule has 3 rings (SSSR count). The Balaban J connectivity index is 2.29. The van der Waals surface area contributed by atoms with Crippen molar-refractivity contribution in [2.75, 3.05) is 0 Å². The summed E-state index contributed by atoms with van der Waals surface area (Å²) in [6.45, 7) is 1.52. The number of fused-ring (bicyclic) bond motifs is 1. The number of nitriles is 1. The first-order valence-corrected chi connectivity index (χ1v) is 7.28. The van der Waals surface area contributed by atoms with Gasteiger partial charge in [-0.25, -0.2) is 0 Å². The topological polar surface area (TPSA) is 109 Å². The van der Waals surface area contributed by atoms with Gasteiger partial charge in [-0.3, -0.25) is 4.79 Å². The predicted molar refractivity (Wildman–Crippen MR) is 79.3 cm³/mol. The Morgan fingerprint density at radius 1 is 1.50 bits per heavy atom. The van der Waals surface area contributed by atoms with Gasteiger partial charge in [-0.05, 0) is 19.1 Å². The molecule has 1 unspecified atom stereocenters. The van der Waals surface area contributed by atoms with Crippen molar-refractivity contribution in [2.45, 2.75) is 19.4 Å². The van der Waals surface area contributed by atoms with Crippen LogP contribution in [0, 0.1) is 18.3 Å². The highest BCUT2D eigenvalue weighted by molar-refractivity contribution is 7.12. The second kappa shape index (κ2) is 5.33. The van der Waals surface area contributed by atoms with Crippen LogP contribution in [0.1, 0.15) is 27.2 Å². The van der Waals surface area contributed by atoms with E-state index in [0.717, 1.165) is 15.8 Å². The Morgan fingerprint density at radius 2 is 2.27 bits per heavy atom. The highest BCUT2D eigenvalue weighted by Gasteiger charge is 2.35. The number of thiophene rings is 1. The van der Waals surface area contributed by atoms with E-state index in [1.54, 1.807) is 0 Å². The van der Waals surface area contributed by atoms with Crippen LogP contribution >= 0.6 is 11.3 Å². The lowest BCUT2D eigenvalue weighted by molar-refractivity contribution is 0.232. The molecule has 0 fully saturated rings. The number of allylic oxidation sites excluding steroid dienone is 1. The van der Waals surface area contributed by atoms with Gasteiger partial charge in [0.1, 0.15) is 24.0 Å². The molecule has 3 heterocycles. The van der Waals surface area contributed by atoms with E-state index >= 15 is 0 Å². The lowest BCUT2D eigenvalue weighted by Crippen LogP contribution is -2.25. The zero-order valence-corrected chi connectivity index (χ0v) is 12.4. The number of nitrogens with zero attached hydrogens (tertiary/aromatic N) is 1. The smallest absolute Gasteiger partial charge is 0.228 e. The Bertz CT molecular complexity index is 872. The van der Waals surface area contributed by atoms with Crippen molar-refractivity contribution in [3.63, 3.8) is 0 Å². The van der Waals surface area contributed by atoms with Crippen molar-refractivity contribution in [3.8, 4) is 11.8 Å². The molecule has 1 aliphatic heterocycles. The average molecular weight is 316 g/mol. The second-order valence-electron chi connectivity index (χ2n) is 4.80. The average Bonchev–Trinajstić information content (AvgIpc) is 2.92. The highest BCUT2D eigenvalue weighted by atomic mass is 32.1. The molecule has 6 nitrogen and oxygen atoms in total. The van der Waals surface area contributed by atoms with Gasteiger partial charge in [0.05, 0.1) is 5.92 Å². The van der Waals surface area contributed by atoms with Crippen LogP contribution in [0.4, 0.5) is 0 Å². The van der Waals surface area contributed by atoms with Gasteiger partial charge in [0.15, 0.2) is 5.76 Å². The summed E-state index contributed by atoms with van der Waals surface area (Å²) in [5.74, 6) is -0.431. The molecule has 0 bridgehead atoms. The van der Waals surface area contributed by atoms with Crippen LogP contribution in [0.3, 0.4) is 0 Å². The van der Waals surface area contributed by atoms with Gasteiger partial charge < -0.3 is 20.0 Å². The summed E-state index contributed by atoms with van der Waals surface area (Å²) in [5, 5.41) is 18.6. The number of nitrogens with two attached hydrogens (primary N) is 1. The van der Waals surface area contributed by atoms with E-state index in [9.17, 15) is 15.2 Å². The number of aliphatic hydroxyl groups is 1. The van der Waals surface area contributed by atoms with Gasteiger partial charge in [-0.1, -0.05) is 0 Å². The minimum atomic E-state index is -0.605. The zero-order chi connectivity index (χ0) is 15.9. The van der Waals surface area contributed by atoms with E-state index in [1.807, 2.05) is 25.1 Å². The highest BCUT2D eigenvalue weighted by Crippen LogP contribution is 2.42. The van der Waals surface area contributed by atoms with Crippen LogP contribution < -0.4 is 15.9 Å². The van der Waals surface area contributed by atoms with Crippen molar-refractivity contribution in [1.29, 1.82) is 5.26 Å². The van der Waals surface area contributed by atoms with Crippen LogP contribution in [0.5, 0.6) is 5.75 Å². The molecule has 3 N–H and O–H groups in total. The molecular weight excluding hydrogens is 304 g/mol. The maximum atomic E-state index is 12.1. The van der Waals surface area contributed by atoms with Crippen molar-refractivity contribution in [3.05, 3.63) is 61.2 Å². The number of rotatable bonds is 2. The van der Waals surface area contributed by atoms with Crippen LogP contribution in [0.15, 0.2) is 38.9 Å². The summed E-state index contributed by atoms with van der Waals surface area (Å²) in [6, 6.07) is 6.94. The number of ether oxygens (including phenoxy) is 1. The van der Waals surface area contributed by atoms with Gasteiger partial charge in [-0.15, -0.1) is 11.3 Å². The summed E-state index contributed by atoms with van der Waals surface area (Å²) in [5.41, 5.74) is 5.53. The van der Waals surface area contributed by atoms with E-state index in [-0.39, 0.29) is 28.7 Å². The molecular formula is C15H12N2O4S. The molecule has 0 aromatic carbocycles. The van der Waals surface area contributed by atoms with Crippen LogP contribution in [-0.2, 0) is 6.61 Å². The standard InChI is InChI=1S/C15H12N2O4S/c1-7-2-3-11(22-7)12-9(5-16)15(17)21-13-10(19)4-8(6-18)20-14(12)13/h2-4,12,18H,6,17H2,1H3. The molecule has 2 aromatic heterocycles. The first kappa shape index (κ1) is 14.4. The van der Waals surface area contributed by atoms with E-state index in [2.05, 4.69) is 0 Å². The molecule has 0 saturated carbocycles. The summed E-state index contributed by atoms with van der Waals surface area (Å²) < 4.78 is 10.9. The van der Waals surface area contributed by atoms with Gasteiger partial charge >= 0.3 is 0 Å². The third-order valence-electron chi connectivity index (χ3n) is 3.33. The third kappa shape index (κ3) is 2.19. The molecule has 0 radical (unpaired) electrons. The first-order chi connectivity index (χ1) is 10.5. The Hall–Kier alpha value is -2.56. The lowest BCUT2D eigenvalue weighted by atomic mass is 9.93. The second-order valence-corrected chi connectivity index (χ2v) is 6.12. The fraction of sp³-hybridized carbons (Fsp3) is 0.200. The molecule has 22 heavy (non-hydrogen) atoms. The molecule has 0 saturated heterocycles. The first-order valence-electron chi connectivity index (χ1n) is 6.46. The van der Waals surface area contributed by atoms with Crippen molar-refractivity contribution >= 4 is 11.3 Å². The minimum Gasteiger partial charge on any atom is -0.458 e. The molecule has 7 heteroatoms. The Labute approximate surface area is 129 Å². The summed E-state index contributed by atoms with van der Waals surface area (Å²) in [6.07, 6.45) is 0. The quantitative estimate of drug-likeness (QED) is 0.873. The molecule has 1 aliphatic rings. The molecule has 1 atom stereocenters. The maximum absolute atomic E-state index is 12.1. The fourth-order valence-corrected chi connectivity index (χ4v) is 3.34. The van der Waals surface area contributed by atoms with E-state index < -0.39 is 18.0 Å². The third-order valence-corrected chi connectivity index (χ3v) is 4.40. The molecule has 0 aliphatic carbocycles. The largest absolute Gasteiger partial charge is 0.458 e. The fourth-order valence-electron chi connectivity index (χ4n) is 2.36. The summed E-state index contributed by atoms with van der Waals surface area (Å²) >= 11 is 1.48. The van der Waals surface area contributed by atoms with Gasteiger partial charge in [-0.2, -0.15) is 5.26 Å². The van der Waals surface area contributed by atoms with Crippen LogP contribution in [0.25, 0.3) is 0 Å². The molecule has 2 aromatic rings. The van der Waals surface area contributed by atoms with Crippen molar-refractivity contribution < 1.29 is 14.3 Å². The van der Waals surface area contributed by atoms with E-state index in [0.29, 0.717) is 0 Å². The molecule has 0 amide bonds. The number of aryl methyl sites for hydroxylation is 1. The minimum absolute atomic E-state index is 0.0373. The van der Waals surface area contributed by atoms with Gasteiger partial charge in [0.2, 0.25) is 17.1 Å². The number of aliphatic hydroxyl groups excluding tert-OH is 1.